The van der Waals surface area contributed by atoms with Crippen LogP contribution in [0.5, 0.6) is 0 Å². The van der Waals surface area contributed by atoms with Gasteiger partial charge in [0, 0.05) is 32.6 Å². The lowest BCUT2D eigenvalue weighted by Gasteiger charge is -2.21. The second-order valence-electron chi connectivity index (χ2n) is 3.56. The molecule has 0 aliphatic carbocycles. The summed E-state index contributed by atoms with van der Waals surface area (Å²) < 4.78 is 0. The normalized spacial score (nSPS) is 29.2. The molecule has 1 fully saturated rings. The van der Waals surface area contributed by atoms with E-state index in [2.05, 4.69) is 10.2 Å². The zero-order valence-electron chi connectivity index (χ0n) is 8.29. The molecule has 0 aromatic carbocycles. The lowest BCUT2D eigenvalue weighted by Crippen LogP contribution is -2.35. The van der Waals surface area contributed by atoms with E-state index in [9.17, 15) is 9.90 Å². The Hall–Kier alpha value is -0.610. The number of amides is 1. The molecule has 1 heterocycles. The van der Waals surface area contributed by atoms with Crippen LogP contribution < -0.4 is 5.32 Å². The first-order valence-corrected chi connectivity index (χ1v) is 4.78. The number of nitrogens with one attached hydrogen (secondary N) is 1. The summed E-state index contributed by atoms with van der Waals surface area (Å²) in [5, 5.41) is 12.0. The molecule has 1 saturated heterocycles. The molecule has 0 unspecified atom stereocenters. The minimum Gasteiger partial charge on any atom is -0.391 e. The van der Waals surface area contributed by atoms with Gasteiger partial charge in [-0.15, -0.1) is 0 Å². The van der Waals surface area contributed by atoms with Crippen molar-refractivity contribution in [3.63, 3.8) is 0 Å². The first-order chi connectivity index (χ1) is 6.15. The molecule has 0 radical (unpaired) electrons. The molecule has 1 aliphatic heterocycles. The van der Waals surface area contributed by atoms with E-state index in [4.69, 9.17) is 0 Å². The van der Waals surface area contributed by atoms with Crippen molar-refractivity contribution in [3.8, 4) is 0 Å². The van der Waals surface area contributed by atoms with Crippen molar-refractivity contribution in [1.29, 1.82) is 0 Å². The minimum atomic E-state index is -0.218. The third-order valence-electron chi connectivity index (χ3n) is 2.75. The van der Waals surface area contributed by atoms with Crippen LogP contribution in [0.4, 0.5) is 0 Å². The van der Waals surface area contributed by atoms with Crippen molar-refractivity contribution in [2.24, 2.45) is 0 Å². The second kappa shape index (κ2) is 4.58. The maximum Gasteiger partial charge on any atom is 0.221 e. The minimum absolute atomic E-state index is 0.0635. The molecule has 0 aromatic rings. The van der Waals surface area contributed by atoms with Gasteiger partial charge in [0.2, 0.25) is 5.91 Å². The van der Waals surface area contributed by atoms with Gasteiger partial charge in [-0.05, 0) is 13.3 Å². The molecule has 13 heavy (non-hydrogen) atoms. The Bertz CT molecular complexity index is 184. The summed E-state index contributed by atoms with van der Waals surface area (Å²) in [5.41, 5.74) is 0. The van der Waals surface area contributed by atoms with Crippen LogP contribution in [0.2, 0.25) is 0 Å². The molecule has 0 saturated carbocycles. The molecule has 76 valence electrons. The first-order valence-electron chi connectivity index (χ1n) is 4.78. The fraction of sp³-hybridized carbons (Fsp3) is 0.889. The summed E-state index contributed by atoms with van der Waals surface area (Å²) in [6, 6.07) is 0.199. The number of aliphatic hydroxyl groups excluding tert-OH is 1. The molecule has 1 amide bonds. The lowest BCUT2D eigenvalue weighted by molar-refractivity contribution is -0.121. The van der Waals surface area contributed by atoms with E-state index >= 15 is 0 Å². The van der Waals surface area contributed by atoms with Crippen LogP contribution in [0.1, 0.15) is 19.8 Å². The molecule has 4 nitrogen and oxygen atoms in total. The van der Waals surface area contributed by atoms with Gasteiger partial charge in [0.05, 0.1) is 6.10 Å². The highest BCUT2D eigenvalue weighted by Gasteiger charge is 2.28. The summed E-state index contributed by atoms with van der Waals surface area (Å²) in [4.78, 5) is 13.1. The van der Waals surface area contributed by atoms with E-state index in [1.165, 1.54) is 0 Å². The highest BCUT2D eigenvalue weighted by Crippen LogP contribution is 2.16. The Kier molecular flexibility index (Phi) is 3.69. The summed E-state index contributed by atoms with van der Waals surface area (Å²) in [6.07, 6.45) is 1.13. The zero-order valence-corrected chi connectivity index (χ0v) is 8.29. The van der Waals surface area contributed by atoms with Gasteiger partial charge in [0.25, 0.3) is 0 Å². The van der Waals surface area contributed by atoms with Crippen molar-refractivity contribution in [2.45, 2.75) is 31.9 Å². The molecule has 1 aliphatic rings. The molecule has 4 heteroatoms. The Morgan fingerprint density at radius 1 is 1.69 bits per heavy atom. The van der Waals surface area contributed by atoms with Gasteiger partial charge in [-0.3, -0.25) is 9.69 Å². The standard InChI is InChI=1S/C9H18N2O2/c1-7-8(12)3-5-11(7)6-4-9(13)10-2/h7-8,12H,3-6H2,1-2H3,(H,10,13)/t7-,8+/m0/s1. The van der Waals surface area contributed by atoms with Gasteiger partial charge in [-0.2, -0.15) is 0 Å². The predicted octanol–water partition coefficient (Wildman–Crippen LogP) is -0.422. The number of aliphatic hydroxyl groups is 1. The summed E-state index contributed by atoms with van der Waals surface area (Å²) in [7, 11) is 1.64. The Labute approximate surface area is 78.9 Å². The number of rotatable bonds is 3. The average molecular weight is 186 g/mol. The predicted molar refractivity (Wildman–Crippen MR) is 50.3 cm³/mol. The fourth-order valence-corrected chi connectivity index (χ4v) is 1.67. The number of carbonyl (C=O) groups excluding carboxylic acids is 1. The SMILES string of the molecule is CNC(=O)CCN1CC[C@@H](O)[C@@H]1C. The summed E-state index contributed by atoms with van der Waals surface area (Å²) >= 11 is 0. The Morgan fingerprint density at radius 2 is 2.38 bits per heavy atom. The van der Waals surface area contributed by atoms with Crippen LogP contribution in [-0.2, 0) is 4.79 Å². The van der Waals surface area contributed by atoms with Crippen molar-refractivity contribution in [1.82, 2.24) is 10.2 Å². The molecule has 1 rings (SSSR count). The highest BCUT2D eigenvalue weighted by molar-refractivity contribution is 5.75. The monoisotopic (exact) mass is 186 g/mol. The zero-order chi connectivity index (χ0) is 9.84. The van der Waals surface area contributed by atoms with Gasteiger partial charge in [0.15, 0.2) is 0 Å². The van der Waals surface area contributed by atoms with Gasteiger partial charge < -0.3 is 10.4 Å². The molecule has 0 bridgehead atoms. The molecule has 2 atom stereocenters. The highest BCUT2D eigenvalue weighted by atomic mass is 16.3. The van der Waals surface area contributed by atoms with Crippen LogP contribution in [-0.4, -0.2) is 48.2 Å². The van der Waals surface area contributed by atoms with Crippen molar-refractivity contribution >= 4 is 5.91 Å². The van der Waals surface area contributed by atoms with Gasteiger partial charge in [-0.1, -0.05) is 0 Å². The maximum absolute atomic E-state index is 11.0. The lowest BCUT2D eigenvalue weighted by atomic mass is 10.2. The number of likely N-dealkylation sites (tertiary alicyclic amines) is 1. The van der Waals surface area contributed by atoms with Crippen LogP contribution in [0.25, 0.3) is 0 Å². The van der Waals surface area contributed by atoms with E-state index < -0.39 is 0 Å². The Morgan fingerprint density at radius 3 is 2.85 bits per heavy atom. The quantitative estimate of drug-likeness (QED) is 0.629. The van der Waals surface area contributed by atoms with Crippen molar-refractivity contribution in [3.05, 3.63) is 0 Å². The molecule has 0 spiro atoms. The molecule has 0 aromatic heterocycles. The van der Waals surface area contributed by atoms with Gasteiger partial charge in [0.1, 0.15) is 0 Å². The largest absolute Gasteiger partial charge is 0.391 e. The van der Waals surface area contributed by atoms with E-state index in [1.54, 1.807) is 7.05 Å². The second-order valence-corrected chi connectivity index (χ2v) is 3.56. The van der Waals surface area contributed by atoms with Crippen LogP contribution in [0, 0.1) is 0 Å². The van der Waals surface area contributed by atoms with Crippen LogP contribution >= 0.6 is 0 Å². The van der Waals surface area contributed by atoms with E-state index in [0.29, 0.717) is 6.42 Å². The number of hydrogen-bond acceptors (Lipinski definition) is 3. The Balaban J connectivity index is 2.26. The van der Waals surface area contributed by atoms with E-state index in [1.807, 2.05) is 6.92 Å². The van der Waals surface area contributed by atoms with Crippen molar-refractivity contribution < 1.29 is 9.90 Å². The molecular formula is C9H18N2O2. The molecule has 2 N–H and O–H groups in total. The van der Waals surface area contributed by atoms with Crippen LogP contribution in [0.15, 0.2) is 0 Å². The number of nitrogens with zero attached hydrogens (tertiary/aromatic N) is 1. The third-order valence-corrected chi connectivity index (χ3v) is 2.75. The average Bonchev–Trinajstić information content (AvgIpc) is 2.44. The van der Waals surface area contributed by atoms with Crippen molar-refractivity contribution in [2.75, 3.05) is 20.1 Å². The maximum atomic E-state index is 11.0. The topological polar surface area (TPSA) is 52.6 Å². The van der Waals surface area contributed by atoms with Gasteiger partial charge in [-0.25, -0.2) is 0 Å². The number of carbonyl (C=O) groups is 1. The third kappa shape index (κ3) is 2.67. The fourth-order valence-electron chi connectivity index (χ4n) is 1.67. The van der Waals surface area contributed by atoms with E-state index in [-0.39, 0.29) is 18.1 Å². The van der Waals surface area contributed by atoms with E-state index in [0.717, 1.165) is 19.5 Å². The molecular weight excluding hydrogens is 168 g/mol. The summed E-state index contributed by atoms with van der Waals surface area (Å²) in [6.45, 7) is 3.65. The number of hydrogen-bond donors (Lipinski definition) is 2. The van der Waals surface area contributed by atoms with Crippen LogP contribution in [0.3, 0.4) is 0 Å². The smallest absolute Gasteiger partial charge is 0.221 e. The van der Waals surface area contributed by atoms with Gasteiger partial charge >= 0.3 is 0 Å². The first kappa shape index (κ1) is 10.5. The summed E-state index contributed by atoms with van der Waals surface area (Å²) in [5.74, 6) is 0.0635.